The number of benzene rings is 1. The highest BCUT2D eigenvalue weighted by Crippen LogP contribution is 2.35. The lowest BCUT2D eigenvalue weighted by Crippen LogP contribution is -2.10. The highest BCUT2D eigenvalue weighted by molar-refractivity contribution is 7.98. The summed E-state index contributed by atoms with van der Waals surface area (Å²) in [4.78, 5) is 13.5. The van der Waals surface area contributed by atoms with Gasteiger partial charge in [0.05, 0.1) is 11.9 Å². The zero-order valence-electron chi connectivity index (χ0n) is 14.9. The predicted molar refractivity (Wildman–Crippen MR) is 105 cm³/mol. The van der Waals surface area contributed by atoms with Crippen LogP contribution in [0.4, 0.5) is 0 Å². The minimum absolute atomic E-state index is 0.336. The lowest BCUT2D eigenvalue weighted by molar-refractivity contribution is 0.183. The van der Waals surface area contributed by atoms with Gasteiger partial charge in [0, 0.05) is 42.1 Å². The first-order valence-corrected chi connectivity index (χ1v) is 10.2. The molecule has 1 aromatic carbocycles. The molecule has 0 saturated carbocycles. The highest BCUT2D eigenvalue weighted by atomic mass is 32.2. The molecule has 1 fully saturated rings. The molecule has 1 aliphatic heterocycles. The number of thioether (sulfide) groups is 1. The van der Waals surface area contributed by atoms with Gasteiger partial charge in [-0.3, -0.25) is 9.97 Å². The SMILES string of the molecule is CSc1ccc(C(CC2CCOC2)c2ccc(-c3cnccn3)[nH]2)cc1. The largest absolute Gasteiger partial charge is 0.381 e. The smallest absolute Gasteiger partial charge is 0.105 e. The van der Waals surface area contributed by atoms with Crippen molar-refractivity contribution in [2.45, 2.75) is 23.7 Å². The second-order valence-electron chi connectivity index (χ2n) is 6.71. The molecule has 2 atom stereocenters. The number of rotatable bonds is 6. The molecule has 5 heteroatoms. The molecular weight excluding hydrogens is 342 g/mol. The van der Waals surface area contributed by atoms with Crippen molar-refractivity contribution in [3.63, 3.8) is 0 Å². The Hall–Kier alpha value is -2.11. The first-order chi connectivity index (χ1) is 12.8. The van der Waals surface area contributed by atoms with Gasteiger partial charge < -0.3 is 9.72 Å². The second-order valence-corrected chi connectivity index (χ2v) is 7.59. The Bertz CT molecular complexity index is 826. The summed E-state index contributed by atoms with van der Waals surface area (Å²) in [5.41, 5.74) is 4.47. The maximum atomic E-state index is 5.61. The molecule has 3 aromatic rings. The summed E-state index contributed by atoms with van der Waals surface area (Å²) < 4.78 is 5.61. The molecule has 134 valence electrons. The van der Waals surface area contributed by atoms with Crippen LogP contribution >= 0.6 is 11.8 Å². The van der Waals surface area contributed by atoms with E-state index in [-0.39, 0.29) is 0 Å². The third kappa shape index (κ3) is 3.84. The zero-order chi connectivity index (χ0) is 17.8. The van der Waals surface area contributed by atoms with Crippen molar-refractivity contribution in [3.05, 3.63) is 66.2 Å². The van der Waals surface area contributed by atoms with Crippen LogP contribution in [0.1, 0.15) is 30.0 Å². The van der Waals surface area contributed by atoms with Crippen LogP contribution in [0.15, 0.2) is 59.9 Å². The van der Waals surface area contributed by atoms with Crippen molar-refractivity contribution in [1.29, 1.82) is 0 Å². The summed E-state index contributed by atoms with van der Waals surface area (Å²) in [6.07, 6.45) is 9.58. The van der Waals surface area contributed by atoms with Gasteiger partial charge in [0.15, 0.2) is 0 Å². The van der Waals surface area contributed by atoms with Crippen molar-refractivity contribution in [2.75, 3.05) is 19.5 Å². The third-order valence-corrected chi connectivity index (χ3v) is 5.78. The van der Waals surface area contributed by atoms with E-state index < -0.39 is 0 Å². The molecule has 2 unspecified atom stereocenters. The lowest BCUT2D eigenvalue weighted by atomic mass is 9.86. The second kappa shape index (κ2) is 8.06. The summed E-state index contributed by atoms with van der Waals surface area (Å²) in [6.45, 7) is 1.76. The van der Waals surface area contributed by atoms with Crippen LogP contribution < -0.4 is 0 Å². The van der Waals surface area contributed by atoms with E-state index in [9.17, 15) is 0 Å². The number of aromatic nitrogens is 3. The standard InChI is InChI=1S/C21H23N3OS/c1-26-17-4-2-16(3-5-17)18(12-15-8-11-25-14-15)19-6-7-20(24-19)21-13-22-9-10-23-21/h2-7,9-10,13,15,18,24H,8,11-12,14H2,1H3. The number of nitrogens with zero attached hydrogens (tertiary/aromatic N) is 2. The maximum Gasteiger partial charge on any atom is 0.105 e. The average Bonchev–Trinajstić information content (AvgIpc) is 3.39. The van der Waals surface area contributed by atoms with Gasteiger partial charge in [-0.05, 0) is 54.8 Å². The van der Waals surface area contributed by atoms with Gasteiger partial charge >= 0.3 is 0 Å². The Labute approximate surface area is 158 Å². The van der Waals surface area contributed by atoms with Crippen LogP contribution in [0.2, 0.25) is 0 Å². The minimum atomic E-state index is 0.336. The fourth-order valence-corrected chi connectivity index (χ4v) is 3.99. The Balaban J connectivity index is 1.64. The summed E-state index contributed by atoms with van der Waals surface area (Å²) in [7, 11) is 0. The fraction of sp³-hybridized carbons (Fsp3) is 0.333. The van der Waals surface area contributed by atoms with Crippen molar-refractivity contribution in [1.82, 2.24) is 15.0 Å². The van der Waals surface area contributed by atoms with Gasteiger partial charge in [-0.25, -0.2) is 0 Å². The molecule has 1 aliphatic rings. The number of H-pyrrole nitrogens is 1. The third-order valence-electron chi connectivity index (χ3n) is 5.03. The van der Waals surface area contributed by atoms with Gasteiger partial charge in [-0.1, -0.05) is 12.1 Å². The van der Waals surface area contributed by atoms with Gasteiger partial charge in [-0.2, -0.15) is 0 Å². The van der Waals surface area contributed by atoms with E-state index in [0.717, 1.165) is 37.4 Å². The predicted octanol–water partition coefficient (Wildman–Crippen LogP) is 4.75. The van der Waals surface area contributed by atoms with Gasteiger partial charge in [-0.15, -0.1) is 11.8 Å². The van der Waals surface area contributed by atoms with Gasteiger partial charge in [0.1, 0.15) is 5.69 Å². The molecule has 26 heavy (non-hydrogen) atoms. The van der Waals surface area contributed by atoms with Crippen molar-refractivity contribution >= 4 is 11.8 Å². The van der Waals surface area contributed by atoms with Gasteiger partial charge in [0.2, 0.25) is 0 Å². The molecule has 0 bridgehead atoms. The Morgan fingerprint density at radius 1 is 1.19 bits per heavy atom. The Morgan fingerprint density at radius 2 is 2.08 bits per heavy atom. The van der Waals surface area contributed by atoms with E-state index in [4.69, 9.17) is 4.74 Å². The van der Waals surface area contributed by atoms with E-state index in [1.807, 2.05) is 0 Å². The molecule has 0 spiro atoms. The van der Waals surface area contributed by atoms with Crippen LogP contribution in [-0.2, 0) is 4.74 Å². The molecule has 1 saturated heterocycles. The van der Waals surface area contributed by atoms with E-state index in [2.05, 4.69) is 57.6 Å². The molecule has 0 amide bonds. The summed E-state index contributed by atoms with van der Waals surface area (Å²) in [5, 5.41) is 0. The average molecular weight is 366 g/mol. The quantitative estimate of drug-likeness (QED) is 0.640. The van der Waals surface area contributed by atoms with E-state index >= 15 is 0 Å². The summed E-state index contributed by atoms with van der Waals surface area (Å²) in [6, 6.07) is 13.2. The first kappa shape index (κ1) is 17.3. The molecule has 2 aromatic heterocycles. The topological polar surface area (TPSA) is 50.8 Å². The molecular formula is C21H23N3OS. The monoisotopic (exact) mass is 365 g/mol. The fourth-order valence-electron chi connectivity index (χ4n) is 3.58. The van der Waals surface area contributed by atoms with Crippen LogP contribution in [0, 0.1) is 5.92 Å². The van der Waals surface area contributed by atoms with E-state index in [1.165, 1.54) is 16.2 Å². The van der Waals surface area contributed by atoms with E-state index in [1.54, 1.807) is 30.4 Å². The van der Waals surface area contributed by atoms with Crippen LogP contribution in [0.3, 0.4) is 0 Å². The highest BCUT2D eigenvalue weighted by Gasteiger charge is 2.24. The Morgan fingerprint density at radius 3 is 2.77 bits per heavy atom. The molecule has 4 nitrogen and oxygen atoms in total. The van der Waals surface area contributed by atoms with E-state index in [0.29, 0.717) is 11.8 Å². The number of aromatic amines is 1. The number of hydrogen-bond acceptors (Lipinski definition) is 4. The van der Waals surface area contributed by atoms with Crippen LogP contribution in [0.5, 0.6) is 0 Å². The van der Waals surface area contributed by atoms with Crippen molar-refractivity contribution < 1.29 is 4.74 Å². The van der Waals surface area contributed by atoms with Gasteiger partial charge in [0.25, 0.3) is 0 Å². The summed E-state index contributed by atoms with van der Waals surface area (Å²) >= 11 is 1.78. The number of nitrogens with one attached hydrogen (secondary N) is 1. The normalized spacial score (nSPS) is 18.1. The lowest BCUT2D eigenvalue weighted by Gasteiger charge is -2.20. The Kier molecular flexibility index (Phi) is 5.37. The van der Waals surface area contributed by atoms with Crippen LogP contribution in [-0.4, -0.2) is 34.4 Å². The molecule has 0 aliphatic carbocycles. The first-order valence-electron chi connectivity index (χ1n) is 9.00. The number of ether oxygens (including phenoxy) is 1. The van der Waals surface area contributed by atoms with Crippen molar-refractivity contribution in [3.8, 4) is 11.4 Å². The number of hydrogen-bond donors (Lipinski definition) is 1. The zero-order valence-corrected chi connectivity index (χ0v) is 15.7. The molecule has 4 rings (SSSR count). The summed E-state index contributed by atoms with van der Waals surface area (Å²) in [5.74, 6) is 0.950. The minimum Gasteiger partial charge on any atom is -0.381 e. The molecule has 3 heterocycles. The maximum absolute atomic E-state index is 5.61. The molecule has 1 N–H and O–H groups in total. The van der Waals surface area contributed by atoms with Crippen LogP contribution in [0.25, 0.3) is 11.4 Å². The molecule has 0 radical (unpaired) electrons. The van der Waals surface area contributed by atoms with Crippen molar-refractivity contribution in [2.24, 2.45) is 5.92 Å².